The summed E-state index contributed by atoms with van der Waals surface area (Å²) in [6, 6.07) is -0.0754. The van der Waals surface area contributed by atoms with Gasteiger partial charge in [0.25, 0.3) is 0 Å². The van der Waals surface area contributed by atoms with Gasteiger partial charge in [0.15, 0.2) is 0 Å². The summed E-state index contributed by atoms with van der Waals surface area (Å²) in [6.45, 7) is 0.833. The largest absolute Gasteiger partial charge is 0.344 e. The number of hydrogen-bond acceptors (Lipinski definition) is 2. The van der Waals surface area contributed by atoms with Crippen LogP contribution in [-0.2, 0) is 4.79 Å². The lowest BCUT2D eigenvalue weighted by Crippen LogP contribution is -2.24. The molecule has 1 atom stereocenters. The Bertz CT molecular complexity index is 336. The van der Waals surface area contributed by atoms with Gasteiger partial charge in [0, 0.05) is 19.8 Å². The number of halogens is 1. The molecule has 4 nitrogen and oxygen atoms in total. The number of carbonyl (C=O) groups is 1. The van der Waals surface area contributed by atoms with Crippen LogP contribution in [-0.4, -0.2) is 34.2 Å². The summed E-state index contributed by atoms with van der Waals surface area (Å²) in [5.74, 6) is 0.166. The molecule has 2 rings (SSSR count). The molecular formula is C8H10IN3O. The van der Waals surface area contributed by atoms with Gasteiger partial charge in [-0.05, 0) is 29.0 Å². The van der Waals surface area contributed by atoms with Crippen molar-refractivity contribution >= 4 is 28.5 Å². The van der Waals surface area contributed by atoms with E-state index in [4.69, 9.17) is 0 Å². The molecule has 1 saturated heterocycles. The van der Waals surface area contributed by atoms with E-state index < -0.39 is 0 Å². The van der Waals surface area contributed by atoms with E-state index in [1.807, 2.05) is 13.2 Å². The van der Waals surface area contributed by atoms with Crippen LogP contribution in [0, 0.1) is 3.57 Å². The lowest BCUT2D eigenvalue weighted by atomic mass is 10.2. The molecule has 1 amide bonds. The Labute approximate surface area is 90.0 Å². The molecule has 1 fully saturated rings. The second kappa shape index (κ2) is 3.28. The van der Waals surface area contributed by atoms with Crippen LogP contribution in [0.1, 0.15) is 12.5 Å². The highest BCUT2D eigenvalue weighted by Crippen LogP contribution is 2.21. The molecule has 0 N–H and O–H groups in total. The van der Waals surface area contributed by atoms with Crippen LogP contribution in [0.2, 0.25) is 0 Å². The normalized spacial score (nSPS) is 22.8. The molecule has 2 heterocycles. The van der Waals surface area contributed by atoms with Gasteiger partial charge < -0.3 is 4.90 Å². The van der Waals surface area contributed by atoms with Gasteiger partial charge in [-0.2, -0.15) is 5.10 Å². The van der Waals surface area contributed by atoms with E-state index in [9.17, 15) is 4.79 Å². The Balaban J connectivity index is 2.23. The predicted molar refractivity (Wildman–Crippen MR) is 56.2 cm³/mol. The van der Waals surface area contributed by atoms with Crippen LogP contribution in [0.4, 0.5) is 0 Å². The zero-order valence-corrected chi connectivity index (χ0v) is 9.43. The third-order valence-corrected chi connectivity index (χ3v) is 2.85. The van der Waals surface area contributed by atoms with Gasteiger partial charge in [-0.15, -0.1) is 0 Å². The molecule has 70 valence electrons. The van der Waals surface area contributed by atoms with Gasteiger partial charge in [0.05, 0.1) is 9.77 Å². The average Bonchev–Trinajstić information content (AvgIpc) is 2.62. The van der Waals surface area contributed by atoms with E-state index in [1.54, 1.807) is 15.8 Å². The quantitative estimate of drug-likeness (QED) is 0.721. The molecular weight excluding hydrogens is 281 g/mol. The van der Waals surface area contributed by atoms with E-state index in [0.717, 1.165) is 16.5 Å². The monoisotopic (exact) mass is 291 g/mol. The van der Waals surface area contributed by atoms with Gasteiger partial charge in [0.2, 0.25) is 5.91 Å². The van der Waals surface area contributed by atoms with E-state index in [1.165, 1.54) is 0 Å². The minimum absolute atomic E-state index is 0.0754. The fourth-order valence-electron chi connectivity index (χ4n) is 1.53. The van der Waals surface area contributed by atoms with Crippen LogP contribution >= 0.6 is 22.6 Å². The molecule has 0 radical (unpaired) electrons. The third-order valence-electron chi connectivity index (χ3n) is 2.29. The Morgan fingerprint density at radius 1 is 1.69 bits per heavy atom. The molecule has 1 aliphatic heterocycles. The summed E-state index contributed by atoms with van der Waals surface area (Å²) >= 11 is 2.19. The number of rotatable bonds is 1. The number of likely N-dealkylation sites (N-methyl/N-ethyl adjacent to an activating group) is 1. The van der Waals surface area contributed by atoms with Gasteiger partial charge in [-0.3, -0.25) is 9.48 Å². The van der Waals surface area contributed by atoms with Crippen LogP contribution < -0.4 is 0 Å². The third kappa shape index (κ3) is 1.56. The summed E-state index contributed by atoms with van der Waals surface area (Å²) in [6.07, 6.45) is 4.54. The standard InChI is InChI=1S/C8H10IN3O/c1-11-3-2-7(8(11)13)12-5-6(9)4-10-12/h4-5,7H,2-3H2,1H3. The predicted octanol–water partition coefficient (Wildman–Crippen LogP) is 0.891. The maximum Gasteiger partial charge on any atom is 0.247 e. The van der Waals surface area contributed by atoms with E-state index in [2.05, 4.69) is 27.7 Å². The molecule has 1 unspecified atom stereocenters. The number of likely N-dealkylation sites (tertiary alicyclic amines) is 1. The minimum atomic E-state index is -0.0754. The maximum absolute atomic E-state index is 11.6. The van der Waals surface area contributed by atoms with Gasteiger partial charge in [0.1, 0.15) is 6.04 Å². The van der Waals surface area contributed by atoms with Gasteiger partial charge in [-0.25, -0.2) is 0 Å². The summed E-state index contributed by atoms with van der Waals surface area (Å²) < 4.78 is 2.83. The lowest BCUT2D eigenvalue weighted by molar-refractivity contribution is -0.129. The van der Waals surface area contributed by atoms with E-state index in [0.29, 0.717) is 0 Å². The van der Waals surface area contributed by atoms with Crippen molar-refractivity contribution in [3.63, 3.8) is 0 Å². The molecule has 13 heavy (non-hydrogen) atoms. The number of amides is 1. The fraction of sp³-hybridized carbons (Fsp3) is 0.500. The van der Waals surface area contributed by atoms with Crippen molar-refractivity contribution in [2.45, 2.75) is 12.5 Å². The fourth-order valence-corrected chi connectivity index (χ4v) is 1.94. The first-order valence-electron chi connectivity index (χ1n) is 4.13. The highest BCUT2D eigenvalue weighted by Gasteiger charge is 2.30. The number of hydrogen-bond donors (Lipinski definition) is 0. The van der Waals surface area contributed by atoms with Crippen LogP contribution in [0.3, 0.4) is 0 Å². The molecule has 0 aliphatic carbocycles. The summed E-state index contributed by atoms with van der Waals surface area (Å²) in [4.78, 5) is 13.3. The lowest BCUT2D eigenvalue weighted by Gasteiger charge is -2.09. The zero-order chi connectivity index (χ0) is 9.42. The second-order valence-electron chi connectivity index (χ2n) is 3.20. The van der Waals surface area contributed by atoms with Crippen molar-refractivity contribution < 1.29 is 4.79 Å². The molecule has 1 aromatic heterocycles. The van der Waals surface area contributed by atoms with E-state index >= 15 is 0 Å². The number of nitrogens with zero attached hydrogens (tertiary/aromatic N) is 3. The first-order chi connectivity index (χ1) is 6.18. The van der Waals surface area contributed by atoms with Crippen molar-refractivity contribution in [1.82, 2.24) is 14.7 Å². The Kier molecular flexibility index (Phi) is 2.27. The summed E-state index contributed by atoms with van der Waals surface area (Å²) in [5.41, 5.74) is 0. The number of carbonyl (C=O) groups excluding carboxylic acids is 1. The smallest absolute Gasteiger partial charge is 0.247 e. The van der Waals surface area contributed by atoms with Crippen molar-refractivity contribution in [1.29, 1.82) is 0 Å². The van der Waals surface area contributed by atoms with Crippen molar-refractivity contribution in [2.24, 2.45) is 0 Å². The maximum atomic E-state index is 11.6. The van der Waals surface area contributed by atoms with Crippen molar-refractivity contribution in [3.05, 3.63) is 16.0 Å². The van der Waals surface area contributed by atoms with E-state index in [-0.39, 0.29) is 11.9 Å². The molecule has 0 bridgehead atoms. The second-order valence-corrected chi connectivity index (χ2v) is 4.45. The average molecular weight is 291 g/mol. The Hall–Kier alpha value is -0.590. The molecule has 0 saturated carbocycles. The van der Waals surface area contributed by atoms with Crippen molar-refractivity contribution in [3.8, 4) is 0 Å². The molecule has 5 heteroatoms. The van der Waals surface area contributed by atoms with Gasteiger partial charge >= 0.3 is 0 Å². The first-order valence-corrected chi connectivity index (χ1v) is 5.21. The molecule has 1 aliphatic rings. The van der Waals surface area contributed by atoms with Gasteiger partial charge in [-0.1, -0.05) is 0 Å². The Morgan fingerprint density at radius 3 is 2.92 bits per heavy atom. The summed E-state index contributed by atoms with van der Waals surface area (Å²) in [5, 5.41) is 4.14. The molecule has 0 spiro atoms. The minimum Gasteiger partial charge on any atom is -0.344 e. The van der Waals surface area contributed by atoms with Crippen LogP contribution in [0.25, 0.3) is 0 Å². The first kappa shape index (κ1) is 8.98. The van der Waals surface area contributed by atoms with Crippen LogP contribution in [0.15, 0.2) is 12.4 Å². The highest BCUT2D eigenvalue weighted by atomic mass is 127. The highest BCUT2D eigenvalue weighted by molar-refractivity contribution is 14.1. The summed E-state index contributed by atoms with van der Waals surface area (Å²) in [7, 11) is 1.83. The zero-order valence-electron chi connectivity index (χ0n) is 7.27. The SMILES string of the molecule is CN1CCC(n2cc(I)cn2)C1=O. The Morgan fingerprint density at radius 2 is 2.46 bits per heavy atom. The molecule has 1 aromatic rings. The van der Waals surface area contributed by atoms with Crippen LogP contribution in [0.5, 0.6) is 0 Å². The number of aromatic nitrogens is 2. The topological polar surface area (TPSA) is 38.1 Å². The molecule has 0 aromatic carbocycles. The van der Waals surface area contributed by atoms with Crippen molar-refractivity contribution in [2.75, 3.05) is 13.6 Å².